The van der Waals surface area contributed by atoms with Crippen molar-refractivity contribution in [2.75, 3.05) is 32.2 Å². The van der Waals surface area contributed by atoms with Gasteiger partial charge in [0.2, 0.25) is 5.88 Å². The number of ether oxygens (including phenoxy) is 2. The van der Waals surface area contributed by atoms with Gasteiger partial charge in [-0.1, -0.05) is 0 Å². The number of aromatic nitrogens is 2. The highest BCUT2D eigenvalue weighted by atomic mass is 16.5. The highest BCUT2D eigenvalue weighted by Crippen LogP contribution is 2.15. The van der Waals surface area contributed by atoms with Gasteiger partial charge in [0.05, 0.1) is 25.6 Å². The Morgan fingerprint density at radius 2 is 2.53 bits per heavy atom. The summed E-state index contributed by atoms with van der Waals surface area (Å²) in [4.78, 5) is 8.23. The highest BCUT2D eigenvalue weighted by Gasteiger charge is 2.16. The standard InChI is InChI=1S/C10H15N3O2/c1-11-9-4-12-5-10(13-9)15-7-8-2-3-14-6-8/h4-5,8H,2-3,6-7H2,1H3,(H,11,13). The number of hydrogen-bond acceptors (Lipinski definition) is 5. The third-order valence-corrected chi connectivity index (χ3v) is 2.36. The highest BCUT2D eigenvalue weighted by molar-refractivity contribution is 5.31. The quantitative estimate of drug-likeness (QED) is 0.799. The van der Waals surface area contributed by atoms with Crippen molar-refractivity contribution in [3.63, 3.8) is 0 Å². The van der Waals surface area contributed by atoms with Gasteiger partial charge in [0.15, 0.2) is 0 Å². The summed E-state index contributed by atoms with van der Waals surface area (Å²) in [5.41, 5.74) is 0. The van der Waals surface area contributed by atoms with Gasteiger partial charge in [-0.2, -0.15) is 4.98 Å². The monoisotopic (exact) mass is 209 g/mol. The molecule has 0 amide bonds. The van der Waals surface area contributed by atoms with Gasteiger partial charge in [-0.3, -0.25) is 4.98 Å². The summed E-state index contributed by atoms with van der Waals surface area (Å²) < 4.78 is 10.8. The maximum atomic E-state index is 5.54. The fraction of sp³-hybridized carbons (Fsp3) is 0.600. The zero-order chi connectivity index (χ0) is 10.5. The average molecular weight is 209 g/mol. The Morgan fingerprint density at radius 1 is 1.60 bits per heavy atom. The van der Waals surface area contributed by atoms with Crippen molar-refractivity contribution in [2.24, 2.45) is 5.92 Å². The molecule has 1 aliphatic rings. The van der Waals surface area contributed by atoms with Crippen LogP contribution in [0.4, 0.5) is 5.82 Å². The van der Waals surface area contributed by atoms with Gasteiger partial charge < -0.3 is 14.8 Å². The Kier molecular flexibility index (Phi) is 3.34. The molecule has 15 heavy (non-hydrogen) atoms. The molecule has 0 spiro atoms. The smallest absolute Gasteiger partial charge is 0.234 e. The van der Waals surface area contributed by atoms with Crippen LogP contribution in [0.15, 0.2) is 12.4 Å². The second-order valence-corrected chi connectivity index (χ2v) is 3.53. The lowest BCUT2D eigenvalue weighted by molar-refractivity contribution is 0.165. The van der Waals surface area contributed by atoms with Crippen molar-refractivity contribution < 1.29 is 9.47 Å². The summed E-state index contributed by atoms with van der Waals surface area (Å²) in [6.07, 6.45) is 4.35. The molecule has 1 atom stereocenters. The lowest BCUT2D eigenvalue weighted by Gasteiger charge is -2.09. The lowest BCUT2D eigenvalue weighted by Crippen LogP contribution is -2.12. The van der Waals surface area contributed by atoms with Gasteiger partial charge in [-0.15, -0.1) is 0 Å². The molecule has 0 bridgehead atoms. The number of nitrogens with zero attached hydrogens (tertiary/aromatic N) is 2. The number of nitrogens with one attached hydrogen (secondary N) is 1. The van der Waals surface area contributed by atoms with Gasteiger partial charge in [0.1, 0.15) is 5.82 Å². The summed E-state index contributed by atoms with van der Waals surface area (Å²) in [5, 5.41) is 2.92. The summed E-state index contributed by atoms with van der Waals surface area (Å²) in [6.45, 7) is 2.29. The van der Waals surface area contributed by atoms with Crippen LogP contribution in [0.1, 0.15) is 6.42 Å². The molecule has 1 unspecified atom stereocenters. The first kappa shape index (κ1) is 10.2. The topological polar surface area (TPSA) is 56.3 Å². The van der Waals surface area contributed by atoms with E-state index in [9.17, 15) is 0 Å². The van der Waals surface area contributed by atoms with E-state index >= 15 is 0 Å². The predicted octanol–water partition coefficient (Wildman–Crippen LogP) is 0.934. The van der Waals surface area contributed by atoms with Crippen molar-refractivity contribution >= 4 is 5.82 Å². The Morgan fingerprint density at radius 3 is 3.27 bits per heavy atom. The maximum absolute atomic E-state index is 5.54. The predicted molar refractivity (Wildman–Crippen MR) is 56.0 cm³/mol. The van der Waals surface area contributed by atoms with Crippen LogP contribution in [0.2, 0.25) is 0 Å². The maximum Gasteiger partial charge on any atom is 0.234 e. The van der Waals surface area contributed by atoms with Crippen LogP contribution in [-0.2, 0) is 4.74 Å². The third-order valence-electron chi connectivity index (χ3n) is 2.36. The molecule has 1 N–H and O–H groups in total. The van der Waals surface area contributed by atoms with E-state index in [1.54, 1.807) is 19.4 Å². The van der Waals surface area contributed by atoms with E-state index < -0.39 is 0 Å². The Hall–Kier alpha value is -1.36. The van der Waals surface area contributed by atoms with Crippen molar-refractivity contribution in [1.82, 2.24) is 9.97 Å². The molecule has 82 valence electrons. The molecule has 5 heteroatoms. The fourth-order valence-electron chi connectivity index (χ4n) is 1.46. The summed E-state index contributed by atoms with van der Waals surface area (Å²) in [7, 11) is 1.80. The summed E-state index contributed by atoms with van der Waals surface area (Å²) in [5.74, 6) is 1.77. The normalized spacial score (nSPS) is 20.2. The zero-order valence-electron chi connectivity index (χ0n) is 8.77. The fourth-order valence-corrected chi connectivity index (χ4v) is 1.46. The van der Waals surface area contributed by atoms with Crippen LogP contribution in [0.5, 0.6) is 5.88 Å². The molecular weight excluding hydrogens is 194 g/mol. The van der Waals surface area contributed by atoms with Crippen molar-refractivity contribution in [2.45, 2.75) is 6.42 Å². The first-order valence-corrected chi connectivity index (χ1v) is 5.09. The van der Waals surface area contributed by atoms with Gasteiger partial charge in [-0.05, 0) is 6.42 Å². The van der Waals surface area contributed by atoms with Gasteiger partial charge in [0, 0.05) is 19.6 Å². The van der Waals surface area contributed by atoms with Crippen LogP contribution >= 0.6 is 0 Å². The number of rotatable bonds is 4. The molecule has 1 aromatic heterocycles. The number of anilines is 1. The summed E-state index contributed by atoms with van der Waals surface area (Å²) in [6, 6.07) is 0. The first-order valence-electron chi connectivity index (χ1n) is 5.09. The molecule has 1 aliphatic heterocycles. The van der Waals surface area contributed by atoms with Crippen molar-refractivity contribution in [3.05, 3.63) is 12.4 Å². The molecule has 0 saturated carbocycles. The minimum absolute atomic E-state index is 0.491. The molecule has 2 rings (SSSR count). The summed E-state index contributed by atoms with van der Waals surface area (Å²) >= 11 is 0. The van der Waals surface area contributed by atoms with Crippen molar-refractivity contribution in [3.8, 4) is 5.88 Å². The largest absolute Gasteiger partial charge is 0.476 e. The van der Waals surface area contributed by atoms with E-state index in [4.69, 9.17) is 9.47 Å². The molecule has 2 heterocycles. The molecule has 0 aromatic carbocycles. The van der Waals surface area contributed by atoms with E-state index in [-0.39, 0.29) is 0 Å². The van der Waals surface area contributed by atoms with E-state index in [1.807, 2.05) is 0 Å². The minimum atomic E-state index is 0.491. The van der Waals surface area contributed by atoms with Crippen LogP contribution in [0, 0.1) is 5.92 Å². The van der Waals surface area contributed by atoms with Crippen LogP contribution in [-0.4, -0.2) is 36.8 Å². The third kappa shape index (κ3) is 2.79. The molecule has 0 aliphatic carbocycles. The molecule has 0 radical (unpaired) electrons. The Balaban J connectivity index is 1.86. The Bertz CT molecular complexity index is 313. The van der Waals surface area contributed by atoms with Crippen LogP contribution < -0.4 is 10.1 Å². The van der Waals surface area contributed by atoms with Gasteiger partial charge in [0.25, 0.3) is 0 Å². The minimum Gasteiger partial charge on any atom is -0.476 e. The average Bonchev–Trinajstić information content (AvgIpc) is 2.79. The van der Waals surface area contributed by atoms with Crippen LogP contribution in [0.25, 0.3) is 0 Å². The van der Waals surface area contributed by atoms with Crippen molar-refractivity contribution in [1.29, 1.82) is 0 Å². The molecule has 1 fully saturated rings. The molecule has 1 saturated heterocycles. The molecule has 5 nitrogen and oxygen atoms in total. The lowest BCUT2D eigenvalue weighted by atomic mass is 10.1. The molecular formula is C10H15N3O2. The second-order valence-electron chi connectivity index (χ2n) is 3.53. The van der Waals surface area contributed by atoms with E-state index in [1.165, 1.54) is 0 Å². The first-order chi connectivity index (χ1) is 7.38. The second kappa shape index (κ2) is 4.93. The van der Waals surface area contributed by atoms with E-state index in [0.717, 1.165) is 25.5 Å². The van der Waals surface area contributed by atoms with E-state index in [0.29, 0.717) is 18.4 Å². The zero-order valence-corrected chi connectivity index (χ0v) is 8.77. The number of hydrogen-bond donors (Lipinski definition) is 1. The Labute approximate surface area is 88.8 Å². The van der Waals surface area contributed by atoms with E-state index in [2.05, 4.69) is 15.3 Å². The van der Waals surface area contributed by atoms with Gasteiger partial charge in [-0.25, -0.2) is 0 Å². The van der Waals surface area contributed by atoms with Gasteiger partial charge >= 0.3 is 0 Å². The SMILES string of the molecule is CNc1cncc(OCC2CCOC2)n1. The van der Waals surface area contributed by atoms with Crippen LogP contribution in [0.3, 0.4) is 0 Å². The molecule has 1 aromatic rings.